The van der Waals surface area contributed by atoms with Crippen LogP contribution in [0.15, 0.2) is 65.4 Å². The molecule has 4 heterocycles. The second kappa shape index (κ2) is 9.73. The first-order valence-corrected chi connectivity index (χ1v) is 13.9. The number of hydrogen-bond donors (Lipinski definition) is 2. The minimum atomic E-state index is -4.40. The second-order valence-electron chi connectivity index (χ2n) is 10.6. The zero-order valence-electron chi connectivity index (χ0n) is 20.5. The van der Waals surface area contributed by atoms with Gasteiger partial charge < -0.3 is 20.1 Å². The van der Waals surface area contributed by atoms with Crippen molar-refractivity contribution in [3.63, 3.8) is 0 Å². The lowest BCUT2D eigenvalue weighted by Crippen LogP contribution is -2.47. The number of nitrogens with one attached hydrogen (secondary N) is 1. The van der Waals surface area contributed by atoms with E-state index in [1.54, 1.807) is 17.4 Å². The van der Waals surface area contributed by atoms with Crippen molar-refractivity contribution in [1.82, 2.24) is 4.90 Å². The SMILES string of the molecule is OC1(c2ccsc2)CCN(C[C@H]2CC[C@@H]3[C@H](O2)c2cc(C(F)(F)F)ccc2N[C@H]3c2ccccc2)CC1. The summed E-state index contributed by atoms with van der Waals surface area (Å²) in [5.74, 6) is 0.0414. The van der Waals surface area contributed by atoms with E-state index in [9.17, 15) is 18.3 Å². The maximum absolute atomic E-state index is 13.6. The van der Waals surface area contributed by atoms with Crippen LogP contribution in [0.5, 0.6) is 0 Å². The van der Waals surface area contributed by atoms with Gasteiger partial charge in [-0.15, -0.1) is 0 Å². The summed E-state index contributed by atoms with van der Waals surface area (Å²) < 4.78 is 47.4. The minimum absolute atomic E-state index is 0.0213. The van der Waals surface area contributed by atoms with E-state index in [2.05, 4.69) is 22.3 Å². The average Bonchev–Trinajstić information content (AvgIpc) is 3.46. The van der Waals surface area contributed by atoms with E-state index in [0.29, 0.717) is 24.1 Å². The molecular weight excluding hydrogens is 497 g/mol. The van der Waals surface area contributed by atoms with Gasteiger partial charge in [0.2, 0.25) is 0 Å². The van der Waals surface area contributed by atoms with Gasteiger partial charge in [-0.05, 0) is 71.8 Å². The number of ether oxygens (including phenoxy) is 1. The molecule has 0 aliphatic carbocycles. The third kappa shape index (κ3) is 4.92. The van der Waals surface area contributed by atoms with Gasteiger partial charge in [0.15, 0.2) is 0 Å². The highest BCUT2D eigenvalue weighted by Gasteiger charge is 2.44. The standard InChI is InChI=1S/C29H31F3N2O2S/c30-29(31,32)20-6-9-25-24(16-20)27-23(26(33-25)19-4-2-1-3-5-19)8-7-22(36-27)17-34-13-11-28(35,12-14-34)21-10-15-37-18-21/h1-6,9-10,15-16,18,22-23,26-27,33,35H,7-8,11-14,17H2/t22-,23+,26+,27+/m1/s1. The van der Waals surface area contributed by atoms with E-state index in [0.717, 1.165) is 49.7 Å². The fourth-order valence-electron chi connectivity index (χ4n) is 6.27. The predicted molar refractivity (Wildman–Crippen MR) is 138 cm³/mol. The van der Waals surface area contributed by atoms with Crippen molar-refractivity contribution in [3.05, 3.63) is 87.6 Å². The van der Waals surface area contributed by atoms with Crippen LogP contribution >= 0.6 is 11.3 Å². The lowest BCUT2D eigenvalue weighted by molar-refractivity contribution is -0.138. The highest BCUT2D eigenvalue weighted by molar-refractivity contribution is 7.08. The average molecular weight is 529 g/mol. The Labute approximate surface area is 219 Å². The molecule has 0 amide bonds. The Morgan fingerprint density at radius 1 is 1.05 bits per heavy atom. The number of alkyl halides is 3. The number of fused-ring (bicyclic) bond motifs is 3. The molecule has 3 aliphatic rings. The maximum atomic E-state index is 13.6. The molecule has 2 fully saturated rings. The molecule has 2 N–H and O–H groups in total. The molecule has 3 aromatic rings. The van der Waals surface area contributed by atoms with Crippen LogP contribution in [0.4, 0.5) is 18.9 Å². The number of hydrogen-bond acceptors (Lipinski definition) is 5. The number of halogens is 3. The van der Waals surface area contributed by atoms with E-state index in [1.165, 1.54) is 6.07 Å². The van der Waals surface area contributed by atoms with Crippen molar-refractivity contribution < 1.29 is 23.0 Å². The highest BCUT2D eigenvalue weighted by atomic mass is 32.1. The van der Waals surface area contributed by atoms with Crippen LogP contribution in [0, 0.1) is 5.92 Å². The lowest BCUT2D eigenvalue weighted by atomic mass is 9.76. The fraction of sp³-hybridized carbons (Fsp3) is 0.448. The number of piperidine rings is 1. The molecule has 37 heavy (non-hydrogen) atoms. The monoisotopic (exact) mass is 528 g/mol. The third-order valence-electron chi connectivity index (χ3n) is 8.34. The second-order valence-corrected chi connectivity index (χ2v) is 11.4. The van der Waals surface area contributed by atoms with Crippen molar-refractivity contribution in [2.45, 2.75) is 55.7 Å². The zero-order valence-corrected chi connectivity index (χ0v) is 21.3. The number of benzene rings is 2. The molecule has 8 heteroatoms. The normalized spacial score (nSPS) is 27.7. The molecule has 6 rings (SSSR count). The van der Waals surface area contributed by atoms with Crippen LogP contribution in [-0.2, 0) is 16.5 Å². The molecule has 196 valence electrons. The number of nitrogens with zero attached hydrogens (tertiary/aromatic N) is 1. The summed E-state index contributed by atoms with van der Waals surface area (Å²) in [4.78, 5) is 2.33. The summed E-state index contributed by atoms with van der Waals surface area (Å²) in [5, 5.41) is 18.6. The molecule has 0 radical (unpaired) electrons. The summed E-state index contributed by atoms with van der Waals surface area (Å²) in [6, 6.07) is 16.0. The maximum Gasteiger partial charge on any atom is 0.416 e. The summed E-state index contributed by atoms with van der Waals surface area (Å²) in [7, 11) is 0. The van der Waals surface area contributed by atoms with Gasteiger partial charge in [-0.2, -0.15) is 24.5 Å². The van der Waals surface area contributed by atoms with Gasteiger partial charge in [0.1, 0.15) is 0 Å². The molecule has 0 spiro atoms. The van der Waals surface area contributed by atoms with E-state index in [-0.39, 0.29) is 18.1 Å². The van der Waals surface area contributed by atoms with Crippen molar-refractivity contribution in [2.75, 3.05) is 25.0 Å². The molecule has 3 aliphatic heterocycles. The summed E-state index contributed by atoms with van der Waals surface area (Å²) in [6.45, 7) is 2.26. The van der Waals surface area contributed by atoms with Crippen LogP contribution in [-0.4, -0.2) is 35.7 Å². The van der Waals surface area contributed by atoms with Crippen molar-refractivity contribution in [3.8, 4) is 0 Å². The Balaban J connectivity index is 1.21. The van der Waals surface area contributed by atoms with Gasteiger partial charge in [-0.3, -0.25) is 0 Å². The lowest BCUT2D eigenvalue weighted by Gasteiger charge is -2.47. The highest BCUT2D eigenvalue weighted by Crippen LogP contribution is 2.51. The first-order valence-electron chi connectivity index (χ1n) is 13.0. The van der Waals surface area contributed by atoms with Gasteiger partial charge in [-0.25, -0.2) is 0 Å². The van der Waals surface area contributed by atoms with E-state index in [4.69, 9.17) is 4.74 Å². The Morgan fingerprint density at radius 2 is 1.84 bits per heavy atom. The molecule has 0 bridgehead atoms. The van der Waals surface area contributed by atoms with Crippen molar-refractivity contribution in [2.24, 2.45) is 5.92 Å². The Kier molecular flexibility index (Phi) is 6.55. The molecule has 4 atom stereocenters. The molecule has 4 nitrogen and oxygen atoms in total. The Morgan fingerprint density at radius 3 is 2.54 bits per heavy atom. The largest absolute Gasteiger partial charge is 0.416 e. The Bertz CT molecular complexity index is 1210. The van der Waals surface area contributed by atoms with Crippen LogP contribution in [0.25, 0.3) is 0 Å². The predicted octanol–water partition coefficient (Wildman–Crippen LogP) is 6.75. The number of aliphatic hydroxyl groups is 1. The Hall–Kier alpha value is -2.39. The van der Waals surface area contributed by atoms with Gasteiger partial charge in [0.25, 0.3) is 0 Å². The minimum Gasteiger partial charge on any atom is -0.385 e. The zero-order chi connectivity index (χ0) is 25.6. The number of anilines is 1. The van der Waals surface area contributed by atoms with Crippen LogP contribution in [0.3, 0.4) is 0 Å². The molecule has 2 aromatic carbocycles. The number of thiophene rings is 1. The summed E-state index contributed by atoms with van der Waals surface area (Å²) in [5.41, 5.74) is 2.01. The van der Waals surface area contributed by atoms with Crippen LogP contribution < -0.4 is 5.32 Å². The van der Waals surface area contributed by atoms with E-state index < -0.39 is 23.4 Å². The number of likely N-dealkylation sites (tertiary alicyclic amines) is 1. The first-order chi connectivity index (χ1) is 17.8. The molecule has 0 saturated carbocycles. The molecule has 2 saturated heterocycles. The molecular formula is C29H31F3N2O2S. The van der Waals surface area contributed by atoms with Gasteiger partial charge >= 0.3 is 6.18 Å². The molecule has 1 aromatic heterocycles. The van der Waals surface area contributed by atoms with E-state index >= 15 is 0 Å². The van der Waals surface area contributed by atoms with Crippen LogP contribution in [0.1, 0.15) is 60.1 Å². The third-order valence-corrected chi connectivity index (χ3v) is 9.02. The van der Waals surface area contributed by atoms with Gasteiger partial charge in [0.05, 0.1) is 29.4 Å². The van der Waals surface area contributed by atoms with Crippen molar-refractivity contribution in [1.29, 1.82) is 0 Å². The van der Waals surface area contributed by atoms with E-state index in [1.807, 2.05) is 35.0 Å². The fourth-order valence-corrected chi connectivity index (χ4v) is 7.02. The first kappa shape index (κ1) is 24.9. The van der Waals surface area contributed by atoms with Crippen molar-refractivity contribution >= 4 is 17.0 Å². The van der Waals surface area contributed by atoms with Gasteiger partial charge in [0, 0.05) is 36.8 Å². The number of rotatable bonds is 4. The summed E-state index contributed by atoms with van der Waals surface area (Å²) >= 11 is 1.60. The summed E-state index contributed by atoms with van der Waals surface area (Å²) in [6.07, 6.45) is -1.82. The molecule has 0 unspecified atom stereocenters. The quantitative estimate of drug-likeness (QED) is 0.393. The van der Waals surface area contributed by atoms with Crippen LogP contribution in [0.2, 0.25) is 0 Å². The topological polar surface area (TPSA) is 44.7 Å². The smallest absolute Gasteiger partial charge is 0.385 e. The van der Waals surface area contributed by atoms with Gasteiger partial charge in [-0.1, -0.05) is 30.3 Å².